The van der Waals surface area contributed by atoms with Crippen LogP contribution in [-0.4, -0.2) is 23.2 Å². The van der Waals surface area contributed by atoms with Crippen LogP contribution >= 0.6 is 0 Å². The van der Waals surface area contributed by atoms with Gasteiger partial charge < -0.3 is 15.6 Å². The zero-order valence-corrected chi connectivity index (χ0v) is 14.0. The van der Waals surface area contributed by atoms with Gasteiger partial charge in [0.2, 0.25) is 0 Å². The highest BCUT2D eigenvalue weighted by atomic mass is 16.2. The molecule has 0 unspecified atom stereocenters. The predicted octanol–water partition coefficient (Wildman–Crippen LogP) is 3.20. The van der Waals surface area contributed by atoms with Crippen LogP contribution in [0.15, 0.2) is 24.3 Å². The maximum atomic E-state index is 12.6. The molecule has 0 spiro atoms. The molecule has 0 aliphatic carbocycles. The Kier molecular flexibility index (Phi) is 5.34. The second-order valence-electron chi connectivity index (χ2n) is 5.57. The summed E-state index contributed by atoms with van der Waals surface area (Å²) in [5, 5.41) is 6.19. The highest BCUT2D eigenvalue weighted by molar-refractivity contribution is 6.07. The zero-order valence-electron chi connectivity index (χ0n) is 14.0. The number of aromatic amines is 1. The lowest BCUT2D eigenvalue weighted by molar-refractivity contribution is 0.101. The fourth-order valence-electron chi connectivity index (χ4n) is 2.75. The van der Waals surface area contributed by atoms with Gasteiger partial charge in [0.1, 0.15) is 5.69 Å². The van der Waals surface area contributed by atoms with Gasteiger partial charge in [-0.3, -0.25) is 9.59 Å². The van der Waals surface area contributed by atoms with Crippen molar-refractivity contribution in [1.29, 1.82) is 0 Å². The van der Waals surface area contributed by atoms with Gasteiger partial charge in [0.25, 0.3) is 5.91 Å². The van der Waals surface area contributed by atoms with Crippen LogP contribution < -0.4 is 10.6 Å². The normalized spacial score (nSPS) is 10.6. The summed E-state index contributed by atoms with van der Waals surface area (Å²) in [4.78, 5) is 27.3. The molecule has 5 heteroatoms. The first-order chi connectivity index (χ1) is 11.0. The molecule has 23 heavy (non-hydrogen) atoms. The maximum absolute atomic E-state index is 12.6. The standard InChI is InChI=1S/C18H23N3O2/c1-5-19-10-14-8-6-7-9-15(14)21-18(23)17-11(2)16(13(4)22)12(3)20-17/h6-9,19-20H,5,10H2,1-4H3,(H,21,23). The van der Waals surface area contributed by atoms with Crippen LogP contribution in [0.3, 0.4) is 0 Å². The molecule has 0 aliphatic rings. The van der Waals surface area contributed by atoms with E-state index in [9.17, 15) is 9.59 Å². The van der Waals surface area contributed by atoms with Crippen molar-refractivity contribution in [2.45, 2.75) is 34.2 Å². The molecule has 3 N–H and O–H groups in total. The number of hydrogen-bond donors (Lipinski definition) is 3. The number of anilines is 1. The first-order valence-electron chi connectivity index (χ1n) is 7.75. The second kappa shape index (κ2) is 7.24. The number of para-hydroxylation sites is 1. The van der Waals surface area contributed by atoms with Crippen LogP contribution in [-0.2, 0) is 6.54 Å². The molecule has 0 bridgehead atoms. The maximum Gasteiger partial charge on any atom is 0.272 e. The number of rotatable bonds is 6. The smallest absolute Gasteiger partial charge is 0.272 e. The van der Waals surface area contributed by atoms with Gasteiger partial charge in [-0.25, -0.2) is 0 Å². The molecule has 1 aromatic carbocycles. The topological polar surface area (TPSA) is 74.0 Å². The molecule has 5 nitrogen and oxygen atoms in total. The van der Waals surface area contributed by atoms with E-state index in [1.165, 1.54) is 6.92 Å². The quantitative estimate of drug-likeness (QED) is 0.717. The highest BCUT2D eigenvalue weighted by Crippen LogP contribution is 2.21. The minimum absolute atomic E-state index is 0.0390. The Labute approximate surface area is 136 Å². The summed E-state index contributed by atoms with van der Waals surface area (Å²) in [5.74, 6) is -0.273. The number of amides is 1. The number of nitrogens with one attached hydrogen (secondary N) is 3. The summed E-state index contributed by atoms with van der Waals surface area (Å²) in [5.41, 5.74) is 4.24. The van der Waals surface area contributed by atoms with E-state index < -0.39 is 0 Å². The van der Waals surface area contributed by atoms with E-state index in [1.54, 1.807) is 13.8 Å². The molecule has 0 aliphatic heterocycles. The molecule has 122 valence electrons. The first-order valence-corrected chi connectivity index (χ1v) is 7.75. The lowest BCUT2D eigenvalue weighted by Gasteiger charge is -2.11. The van der Waals surface area contributed by atoms with E-state index in [-0.39, 0.29) is 11.7 Å². The Morgan fingerprint density at radius 3 is 2.48 bits per heavy atom. The molecular formula is C18H23N3O2. The Balaban J connectivity index is 2.27. The van der Waals surface area contributed by atoms with Gasteiger partial charge in [-0.15, -0.1) is 0 Å². The molecule has 0 saturated heterocycles. The average molecular weight is 313 g/mol. The van der Waals surface area contributed by atoms with E-state index in [4.69, 9.17) is 0 Å². The van der Waals surface area contributed by atoms with Gasteiger partial charge >= 0.3 is 0 Å². The van der Waals surface area contributed by atoms with Gasteiger partial charge in [-0.1, -0.05) is 25.1 Å². The van der Waals surface area contributed by atoms with Crippen LogP contribution in [0.4, 0.5) is 5.69 Å². The third-order valence-corrected chi connectivity index (χ3v) is 3.85. The fraction of sp³-hybridized carbons (Fsp3) is 0.333. The van der Waals surface area contributed by atoms with Gasteiger partial charge in [0.15, 0.2) is 5.78 Å². The third kappa shape index (κ3) is 3.68. The third-order valence-electron chi connectivity index (χ3n) is 3.85. The Morgan fingerprint density at radius 1 is 1.17 bits per heavy atom. The number of aromatic nitrogens is 1. The molecule has 0 atom stereocenters. The Morgan fingerprint density at radius 2 is 1.87 bits per heavy atom. The van der Waals surface area contributed by atoms with Gasteiger partial charge in [0, 0.05) is 23.5 Å². The van der Waals surface area contributed by atoms with Crippen LogP contribution in [0.5, 0.6) is 0 Å². The molecule has 2 rings (SSSR count). The number of benzene rings is 1. The predicted molar refractivity (Wildman–Crippen MR) is 92.0 cm³/mol. The SMILES string of the molecule is CCNCc1ccccc1NC(=O)c1[nH]c(C)c(C(C)=O)c1C. The molecule has 2 aromatic rings. The summed E-state index contributed by atoms with van der Waals surface area (Å²) < 4.78 is 0. The van der Waals surface area contributed by atoms with Crippen molar-refractivity contribution in [3.63, 3.8) is 0 Å². The average Bonchev–Trinajstić information content (AvgIpc) is 2.81. The first kappa shape index (κ1) is 17.0. The molecule has 0 radical (unpaired) electrons. The van der Waals surface area contributed by atoms with Crippen molar-refractivity contribution in [3.05, 3.63) is 52.3 Å². The summed E-state index contributed by atoms with van der Waals surface area (Å²) in [6.45, 7) is 8.69. The lowest BCUT2D eigenvalue weighted by atomic mass is 10.1. The molecular weight excluding hydrogens is 290 g/mol. The largest absolute Gasteiger partial charge is 0.354 e. The van der Waals surface area contributed by atoms with Gasteiger partial charge in [-0.2, -0.15) is 0 Å². The van der Waals surface area contributed by atoms with Crippen LogP contribution in [0, 0.1) is 13.8 Å². The Hall–Kier alpha value is -2.40. The lowest BCUT2D eigenvalue weighted by Crippen LogP contribution is -2.18. The van der Waals surface area contributed by atoms with E-state index >= 15 is 0 Å². The summed E-state index contributed by atoms with van der Waals surface area (Å²) >= 11 is 0. The van der Waals surface area contributed by atoms with Crippen molar-refractivity contribution >= 4 is 17.4 Å². The van der Waals surface area contributed by atoms with E-state index in [0.29, 0.717) is 23.4 Å². The highest BCUT2D eigenvalue weighted by Gasteiger charge is 2.20. The van der Waals surface area contributed by atoms with Crippen LogP contribution in [0.2, 0.25) is 0 Å². The molecule has 1 heterocycles. The van der Waals surface area contributed by atoms with Gasteiger partial charge in [-0.05, 0) is 44.5 Å². The summed E-state index contributed by atoms with van der Waals surface area (Å²) in [6, 6.07) is 7.69. The second-order valence-corrected chi connectivity index (χ2v) is 5.57. The van der Waals surface area contributed by atoms with Gasteiger partial charge in [0.05, 0.1) is 0 Å². The monoisotopic (exact) mass is 313 g/mol. The van der Waals surface area contributed by atoms with E-state index in [1.807, 2.05) is 31.2 Å². The molecule has 1 aromatic heterocycles. The number of H-pyrrole nitrogens is 1. The number of ketones is 1. The van der Waals surface area contributed by atoms with Crippen molar-refractivity contribution in [1.82, 2.24) is 10.3 Å². The number of aryl methyl sites for hydroxylation is 1. The minimum Gasteiger partial charge on any atom is -0.354 e. The van der Waals surface area contributed by atoms with Crippen molar-refractivity contribution in [3.8, 4) is 0 Å². The van der Waals surface area contributed by atoms with Crippen LogP contribution in [0.1, 0.15) is 51.5 Å². The van der Waals surface area contributed by atoms with Crippen molar-refractivity contribution < 1.29 is 9.59 Å². The zero-order chi connectivity index (χ0) is 17.0. The summed E-state index contributed by atoms with van der Waals surface area (Å²) in [7, 11) is 0. The number of hydrogen-bond acceptors (Lipinski definition) is 3. The summed E-state index contributed by atoms with van der Waals surface area (Å²) in [6.07, 6.45) is 0. The van der Waals surface area contributed by atoms with Crippen molar-refractivity contribution in [2.24, 2.45) is 0 Å². The van der Waals surface area contributed by atoms with E-state index in [2.05, 4.69) is 15.6 Å². The molecule has 1 amide bonds. The van der Waals surface area contributed by atoms with Crippen LogP contribution in [0.25, 0.3) is 0 Å². The minimum atomic E-state index is -0.234. The fourth-order valence-corrected chi connectivity index (χ4v) is 2.75. The molecule has 0 fully saturated rings. The number of carbonyl (C=O) groups is 2. The van der Waals surface area contributed by atoms with Crippen molar-refractivity contribution in [2.75, 3.05) is 11.9 Å². The Bertz CT molecular complexity index is 732. The molecule has 0 saturated carbocycles. The van der Waals surface area contributed by atoms with E-state index in [0.717, 1.165) is 23.5 Å². The number of Topliss-reactive ketones (excluding diaryl/α,β-unsaturated/α-hetero) is 1. The number of carbonyl (C=O) groups excluding carboxylic acids is 2.